The number of hydrogen-bond acceptors (Lipinski definition) is 4. The van der Waals surface area contributed by atoms with Crippen molar-refractivity contribution in [2.45, 2.75) is 30.3 Å². The third-order valence-corrected chi connectivity index (χ3v) is 5.78. The third kappa shape index (κ3) is 4.10. The lowest BCUT2D eigenvalue weighted by molar-refractivity contribution is 0.178. The minimum atomic E-state index is -3.72. The van der Waals surface area contributed by atoms with Gasteiger partial charge in [-0.05, 0) is 53.2 Å². The molecule has 1 aliphatic carbocycles. The van der Waals surface area contributed by atoms with Gasteiger partial charge in [0.1, 0.15) is 4.90 Å². The number of halogens is 2. The van der Waals surface area contributed by atoms with Gasteiger partial charge in [0.2, 0.25) is 10.0 Å². The lowest BCUT2D eigenvalue weighted by atomic mass is 10.1. The molecule has 1 aliphatic rings. The number of methoxy groups -OCH3 is 1. The summed E-state index contributed by atoms with van der Waals surface area (Å²) in [5.41, 5.74) is 0. The standard InChI is InChI=1S/C13H17BrClNO4S/c1-20-13-11(14)5-9(15)6-12(13)21(18,19)16-7-8-2-3-10(17)4-8/h5-6,8,10,16-17H,2-4,7H2,1H3. The number of ether oxygens (including phenoxy) is 1. The van der Waals surface area contributed by atoms with Crippen molar-refractivity contribution in [3.63, 3.8) is 0 Å². The van der Waals surface area contributed by atoms with Gasteiger partial charge in [-0.25, -0.2) is 13.1 Å². The average molecular weight is 399 g/mol. The first kappa shape index (κ1) is 17.0. The Morgan fingerprint density at radius 1 is 1.48 bits per heavy atom. The Morgan fingerprint density at radius 3 is 2.76 bits per heavy atom. The van der Waals surface area contributed by atoms with E-state index in [0.717, 1.165) is 12.8 Å². The summed E-state index contributed by atoms with van der Waals surface area (Å²) < 4.78 is 33.0. The Bertz CT molecular complexity index is 623. The highest BCUT2D eigenvalue weighted by atomic mass is 79.9. The van der Waals surface area contributed by atoms with Gasteiger partial charge in [0.15, 0.2) is 5.75 Å². The molecule has 8 heteroatoms. The lowest BCUT2D eigenvalue weighted by Gasteiger charge is -2.15. The third-order valence-electron chi connectivity index (χ3n) is 3.54. The van der Waals surface area contributed by atoms with E-state index in [-0.39, 0.29) is 22.7 Å². The van der Waals surface area contributed by atoms with Crippen molar-refractivity contribution in [1.29, 1.82) is 0 Å². The summed E-state index contributed by atoms with van der Waals surface area (Å²) in [5, 5.41) is 9.79. The van der Waals surface area contributed by atoms with Gasteiger partial charge in [-0.3, -0.25) is 0 Å². The molecule has 5 nitrogen and oxygen atoms in total. The second kappa shape index (κ2) is 6.83. The molecule has 0 saturated heterocycles. The van der Waals surface area contributed by atoms with Crippen LogP contribution in [0, 0.1) is 5.92 Å². The number of hydrogen-bond donors (Lipinski definition) is 2. The van der Waals surface area contributed by atoms with Crippen molar-refractivity contribution in [3.05, 3.63) is 21.6 Å². The summed E-state index contributed by atoms with van der Waals surface area (Å²) in [6.45, 7) is 0.298. The smallest absolute Gasteiger partial charge is 0.244 e. The Labute approximate surface area is 137 Å². The Kier molecular flexibility index (Phi) is 5.54. The molecule has 0 bridgehead atoms. The molecule has 2 rings (SSSR count). The zero-order chi connectivity index (χ0) is 15.6. The topological polar surface area (TPSA) is 75.6 Å². The molecule has 0 radical (unpaired) electrons. The van der Waals surface area contributed by atoms with Crippen LogP contribution in [0.15, 0.2) is 21.5 Å². The first-order valence-corrected chi connectivity index (χ1v) is 9.19. The van der Waals surface area contributed by atoms with Gasteiger partial charge in [-0.2, -0.15) is 0 Å². The normalized spacial score (nSPS) is 22.5. The predicted octanol–water partition coefficient (Wildman–Crippen LogP) is 2.55. The molecule has 1 fully saturated rings. The van der Waals surface area contributed by atoms with Gasteiger partial charge in [-0.15, -0.1) is 0 Å². The molecule has 118 valence electrons. The van der Waals surface area contributed by atoms with E-state index in [1.165, 1.54) is 13.2 Å². The van der Waals surface area contributed by atoms with E-state index in [2.05, 4.69) is 20.7 Å². The van der Waals surface area contributed by atoms with Crippen LogP contribution in [0.4, 0.5) is 0 Å². The Morgan fingerprint density at radius 2 is 2.19 bits per heavy atom. The van der Waals surface area contributed by atoms with Crippen molar-refractivity contribution in [2.75, 3.05) is 13.7 Å². The number of rotatable bonds is 5. The molecule has 0 aliphatic heterocycles. The number of sulfonamides is 1. The summed E-state index contributed by atoms with van der Waals surface area (Å²) >= 11 is 9.16. The van der Waals surface area contributed by atoms with Crippen molar-refractivity contribution in [3.8, 4) is 5.75 Å². The molecular formula is C13H17BrClNO4S. The fraction of sp³-hybridized carbons (Fsp3) is 0.538. The Hall–Kier alpha value is -0.340. The number of aliphatic hydroxyl groups excluding tert-OH is 1. The van der Waals surface area contributed by atoms with E-state index in [1.807, 2.05) is 0 Å². The number of benzene rings is 1. The maximum Gasteiger partial charge on any atom is 0.244 e. The predicted molar refractivity (Wildman–Crippen MR) is 84.2 cm³/mol. The number of aliphatic hydroxyl groups is 1. The van der Waals surface area contributed by atoms with E-state index in [0.29, 0.717) is 22.5 Å². The largest absolute Gasteiger partial charge is 0.494 e. The van der Waals surface area contributed by atoms with Gasteiger partial charge in [0, 0.05) is 11.6 Å². The molecular weight excluding hydrogens is 382 g/mol. The van der Waals surface area contributed by atoms with Crippen molar-refractivity contribution >= 4 is 37.6 Å². The first-order chi connectivity index (χ1) is 9.83. The summed E-state index contributed by atoms with van der Waals surface area (Å²) in [6, 6.07) is 2.93. The quantitative estimate of drug-likeness (QED) is 0.799. The monoisotopic (exact) mass is 397 g/mol. The Balaban J connectivity index is 2.19. The molecule has 0 heterocycles. The van der Waals surface area contributed by atoms with Crippen molar-refractivity contribution in [2.24, 2.45) is 5.92 Å². The van der Waals surface area contributed by atoms with Crippen LogP contribution >= 0.6 is 27.5 Å². The molecule has 0 spiro atoms. The van der Waals surface area contributed by atoms with Crippen LogP contribution in [-0.2, 0) is 10.0 Å². The lowest BCUT2D eigenvalue weighted by Crippen LogP contribution is -2.29. The highest BCUT2D eigenvalue weighted by molar-refractivity contribution is 9.10. The van der Waals surface area contributed by atoms with Crippen LogP contribution in [0.5, 0.6) is 5.75 Å². The molecule has 21 heavy (non-hydrogen) atoms. The fourth-order valence-corrected chi connectivity index (χ4v) is 4.97. The molecule has 0 aromatic heterocycles. The van der Waals surface area contributed by atoms with Crippen LogP contribution in [0.25, 0.3) is 0 Å². The van der Waals surface area contributed by atoms with Crippen LogP contribution in [-0.4, -0.2) is 33.3 Å². The van der Waals surface area contributed by atoms with Crippen LogP contribution in [0.3, 0.4) is 0 Å². The van der Waals surface area contributed by atoms with E-state index >= 15 is 0 Å². The first-order valence-electron chi connectivity index (χ1n) is 6.54. The zero-order valence-electron chi connectivity index (χ0n) is 11.5. The van der Waals surface area contributed by atoms with Gasteiger partial charge in [0.25, 0.3) is 0 Å². The van der Waals surface area contributed by atoms with Crippen LogP contribution < -0.4 is 9.46 Å². The van der Waals surface area contributed by atoms with Gasteiger partial charge in [0.05, 0.1) is 17.7 Å². The van der Waals surface area contributed by atoms with Gasteiger partial charge in [-0.1, -0.05) is 11.6 Å². The van der Waals surface area contributed by atoms with Crippen LogP contribution in [0.2, 0.25) is 5.02 Å². The molecule has 1 saturated carbocycles. The molecule has 2 unspecified atom stereocenters. The van der Waals surface area contributed by atoms with Gasteiger partial charge >= 0.3 is 0 Å². The number of nitrogens with one attached hydrogen (secondary N) is 1. The second-order valence-corrected chi connectivity index (χ2v) is 8.13. The van der Waals surface area contributed by atoms with Crippen LogP contribution in [0.1, 0.15) is 19.3 Å². The summed E-state index contributed by atoms with van der Waals surface area (Å²) in [6.07, 6.45) is 1.84. The molecule has 2 N–H and O–H groups in total. The van der Waals surface area contributed by atoms with E-state index in [4.69, 9.17) is 16.3 Å². The molecule has 1 aromatic carbocycles. The van der Waals surface area contributed by atoms with Crippen molar-refractivity contribution < 1.29 is 18.3 Å². The summed E-state index contributed by atoms with van der Waals surface area (Å²) in [4.78, 5) is 0.00270. The maximum atomic E-state index is 12.4. The van der Waals surface area contributed by atoms with E-state index in [9.17, 15) is 13.5 Å². The molecule has 0 amide bonds. The zero-order valence-corrected chi connectivity index (χ0v) is 14.6. The minimum absolute atomic E-state index is 0.00270. The fourth-order valence-electron chi connectivity index (χ4n) is 2.47. The SMILES string of the molecule is COc1c(Br)cc(Cl)cc1S(=O)(=O)NCC1CCC(O)C1. The summed E-state index contributed by atoms with van der Waals surface area (Å²) in [5.74, 6) is 0.377. The van der Waals surface area contributed by atoms with E-state index < -0.39 is 10.0 Å². The summed E-state index contributed by atoms with van der Waals surface area (Å²) in [7, 11) is -2.32. The van der Waals surface area contributed by atoms with Crippen molar-refractivity contribution in [1.82, 2.24) is 4.72 Å². The van der Waals surface area contributed by atoms with E-state index in [1.54, 1.807) is 6.07 Å². The minimum Gasteiger partial charge on any atom is -0.494 e. The maximum absolute atomic E-state index is 12.4. The molecule has 1 aromatic rings. The highest BCUT2D eigenvalue weighted by Gasteiger charge is 2.27. The van der Waals surface area contributed by atoms with Gasteiger partial charge < -0.3 is 9.84 Å². The highest BCUT2D eigenvalue weighted by Crippen LogP contribution is 2.35. The average Bonchev–Trinajstić information content (AvgIpc) is 2.82. The molecule has 2 atom stereocenters. The second-order valence-electron chi connectivity index (χ2n) is 5.10.